The van der Waals surface area contributed by atoms with E-state index < -0.39 is 15.2 Å². The second kappa shape index (κ2) is 5.06. The van der Waals surface area contributed by atoms with Crippen molar-refractivity contribution in [1.82, 2.24) is 0 Å². The number of ether oxygens (including phenoxy) is 1. The quantitative estimate of drug-likeness (QED) is 0.783. The van der Waals surface area contributed by atoms with Gasteiger partial charge in [-0.15, -0.1) is 11.6 Å². The number of hydrogen-bond acceptors (Lipinski definition) is 3. The Bertz CT molecular complexity index is 468. The van der Waals surface area contributed by atoms with Gasteiger partial charge >= 0.3 is 0 Å². The normalized spacial score (nSPS) is 13.5. The van der Waals surface area contributed by atoms with Gasteiger partial charge in [0, 0.05) is 11.8 Å². The Morgan fingerprint density at radius 1 is 1.44 bits per heavy atom. The van der Waals surface area contributed by atoms with Crippen LogP contribution in [0.25, 0.3) is 0 Å². The van der Waals surface area contributed by atoms with Crippen LogP contribution in [-0.2, 0) is 9.84 Å². The van der Waals surface area contributed by atoms with Gasteiger partial charge in [-0.05, 0) is 13.0 Å². The van der Waals surface area contributed by atoms with Crippen molar-refractivity contribution in [2.75, 3.05) is 19.1 Å². The Kier molecular flexibility index (Phi) is 4.21. The monoisotopic (exact) mass is 262 g/mol. The van der Waals surface area contributed by atoms with Crippen LogP contribution in [-0.4, -0.2) is 27.5 Å². The maximum atomic E-state index is 11.2. The molecule has 0 saturated heterocycles. The molecule has 0 aliphatic rings. The molecule has 0 fully saturated rings. The summed E-state index contributed by atoms with van der Waals surface area (Å²) in [4.78, 5) is 0. The number of methoxy groups -OCH3 is 1. The van der Waals surface area contributed by atoms with Crippen LogP contribution in [0.2, 0.25) is 0 Å². The van der Waals surface area contributed by atoms with Crippen LogP contribution in [0.4, 0.5) is 0 Å². The molecule has 0 spiro atoms. The maximum absolute atomic E-state index is 11.2. The molecule has 5 heteroatoms. The number of aryl methyl sites for hydroxylation is 1. The number of hydrogen-bond donors (Lipinski definition) is 0. The van der Waals surface area contributed by atoms with E-state index in [0.29, 0.717) is 5.75 Å². The highest BCUT2D eigenvalue weighted by molar-refractivity contribution is 7.90. The predicted molar refractivity (Wildman–Crippen MR) is 66.0 cm³/mol. The second-order valence-corrected chi connectivity index (χ2v) is 6.52. The van der Waals surface area contributed by atoms with E-state index in [2.05, 4.69) is 0 Å². The summed E-state index contributed by atoms with van der Waals surface area (Å²) in [5.41, 5.74) is 1.74. The molecule has 1 aromatic carbocycles. The minimum Gasteiger partial charge on any atom is -0.496 e. The Labute approximate surface area is 101 Å². The van der Waals surface area contributed by atoms with Crippen LogP contribution in [0.3, 0.4) is 0 Å². The fourth-order valence-electron chi connectivity index (χ4n) is 1.45. The van der Waals surface area contributed by atoms with Crippen LogP contribution in [0, 0.1) is 6.92 Å². The van der Waals surface area contributed by atoms with Crippen molar-refractivity contribution >= 4 is 21.4 Å². The van der Waals surface area contributed by atoms with Crippen molar-refractivity contribution in [3.8, 4) is 5.75 Å². The number of sulfone groups is 1. The van der Waals surface area contributed by atoms with Crippen molar-refractivity contribution in [2.45, 2.75) is 12.3 Å². The van der Waals surface area contributed by atoms with Crippen LogP contribution < -0.4 is 4.74 Å². The summed E-state index contributed by atoms with van der Waals surface area (Å²) in [6.07, 6.45) is 1.17. The zero-order valence-electron chi connectivity index (χ0n) is 9.53. The van der Waals surface area contributed by atoms with E-state index >= 15 is 0 Å². The molecule has 1 aromatic rings. The fraction of sp³-hybridized carbons (Fsp3) is 0.455. The highest BCUT2D eigenvalue weighted by Crippen LogP contribution is 2.31. The molecule has 0 bridgehead atoms. The first-order chi connectivity index (χ1) is 7.33. The molecule has 16 heavy (non-hydrogen) atoms. The van der Waals surface area contributed by atoms with Gasteiger partial charge in [-0.2, -0.15) is 0 Å². The molecule has 3 nitrogen and oxygen atoms in total. The van der Waals surface area contributed by atoms with Crippen LogP contribution in [0.1, 0.15) is 16.5 Å². The molecule has 0 heterocycles. The van der Waals surface area contributed by atoms with E-state index in [4.69, 9.17) is 16.3 Å². The average molecular weight is 263 g/mol. The lowest BCUT2D eigenvalue weighted by atomic mass is 10.1. The average Bonchev–Trinajstić information content (AvgIpc) is 2.15. The van der Waals surface area contributed by atoms with E-state index in [1.165, 1.54) is 13.4 Å². The van der Waals surface area contributed by atoms with Crippen molar-refractivity contribution in [3.05, 3.63) is 29.3 Å². The lowest BCUT2D eigenvalue weighted by Crippen LogP contribution is -2.10. The summed E-state index contributed by atoms with van der Waals surface area (Å²) in [5.74, 6) is 0.531. The van der Waals surface area contributed by atoms with Crippen molar-refractivity contribution in [1.29, 1.82) is 0 Å². The third kappa shape index (κ3) is 3.68. The zero-order valence-corrected chi connectivity index (χ0v) is 11.1. The highest BCUT2D eigenvalue weighted by Gasteiger charge is 2.18. The molecule has 1 rings (SSSR count). The van der Waals surface area contributed by atoms with Crippen LogP contribution in [0.15, 0.2) is 18.2 Å². The number of alkyl halides is 1. The third-order valence-electron chi connectivity index (χ3n) is 2.17. The number of benzene rings is 1. The Hall–Kier alpha value is -0.740. The summed E-state index contributed by atoms with van der Waals surface area (Å²) < 4.78 is 27.5. The Morgan fingerprint density at radius 2 is 2.06 bits per heavy atom. The van der Waals surface area contributed by atoms with Gasteiger partial charge in [0.1, 0.15) is 15.6 Å². The van der Waals surface area contributed by atoms with Crippen molar-refractivity contribution in [3.63, 3.8) is 0 Å². The maximum Gasteiger partial charge on any atom is 0.149 e. The lowest BCUT2D eigenvalue weighted by Gasteiger charge is -2.13. The molecule has 0 radical (unpaired) electrons. The van der Waals surface area contributed by atoms with Gasteiger partial charge in [-0.25, -0.2) is 8.42 Å². The van der Waals surface area contributed by atoms with Gasteiger partial charge < -0.3 is 4.74 Å². The van der Waals surface area contributed by atoms with E-state index in [1.54, 1.807) is 6.07 Å². The Balaban J connectivity index is 3.06. The summed E-state index contributed by atoms with van der Waals surface area (Å²) in [6.45, 7) is 1.92. The molecule has 0 saturated carbocycles. The highest BCUT2D eigenvalue weighted by atomic mass is 35.5. The molecule has 0 aliphatic carbocycles. The summed E-state index contributed by atoms with van der Waals surface area (Å²) in [5, 5.41) is -0.579. The molecule has 0 N–H and O–H groups in total. The molecular formula is C11H15ClO3S. The van der Waals surface area contributed by atoms with Gasteiger partial charge in [-0.3, -0.25) is 0 Å². The standard InChI is InChI=1S/C11H15ClO3S/c1-8-4-5-11(15-2)9(6-8)10(12)7-16(3,13)14/h4-6,10H,7H2,1-3H3. The second-order valence-electron chi connectivity index (χ2n) is 3.81. The first-order valence-corrected chi connectivity index (χ1v) is 7.29. The van der Waals surface area contributed by atoms with Crippen molar-refractivity contribution in [2.24, 2.45) is 0 Å². The van der Waals surface area contributed by atoms with Gasteiger partial charge in [0.05, 0.1) is 18.2 Å². The molecule has 90 valence electrons. The smallest absolute Gasteiger partial charge is 0.149 e. The first kappa shape index (κ1) is 13.3. The molecule has 0 aromatic heterocycles. The SMILES string of the molecule is COc1ccc(C)cc1C(Cl)CS(C)(=O)=O. The molecule has 1 unspecified atom stereocenters. The van der Waals surface area contributed by atoms with Gasteiger partial charge in [0.15, 0.2) is 0 Å². The molecule has 0 aliphatic heterocycles. The van der Waals surface area contributed by atoms with Crippen LogP contribution in [0.5, 0.6) is 5.75 Å². The largest absolute Gasteiger partial charge is 0.496 e. The molecule has 0 amide bonds. The summed E-state index contributed by atoms with van der Waals surface area (Å²) in [6, 6.07) is 5.54. The minimum absolute atomic E-state index is 0.0889. The van der Waals surface area contributed by atoms with E-state index in [9.17, 15) is 8.42 Å². The fourth-order valence-corrected chi connectivity index (χ4v) is 3.02. The minimum atomic E-state index is -3.10. The summed E-state index contributed by atoms with van der Waals surface area (Å²) in [7, 11) is -1.56. The van der Waals surface area contributed by atoms with E-state index in [-0.39, 0.29) is 5.75 Å². The third-order valence-corrected chi connectivity index (χ3v) is 3.68. The number of halogens is 1. The first-order valence-electron chi connectivity index (χ1n) is 4.80. The van der Waals surface area contributed by atoms with E-state index in [1.807, 2.05) is 19.1 Å². The molecule has 1 atom stereocenters. The zero-order chi connectivity index (χ0) is 12.3. The van der Waals surface area contributed by atoms with Crippen molar-refractivity contribution < 1.29 is 13.2 Å². The summed E-state index contributed by atoms with van der Waals surface area (Å²) >= 11 is 6.09. The van der Waals surface area contributed by atoms with Gasteiger partial charge in [-0.1, -0.05) is 17.7 Å². The Morgan fingerprint density at radius 3 is 2.56 bits per heavy atom. The van der Waals surface area contributed by atoms with Crippen LogP contribution >= 0.6 is 11.6 Å². The molecular weight excluding hydrogens is 248 g/mol. The number of rotatable bonds is 4. The van der Waals surface area contributed by atoms with Gasteiger partial charge in [0.25, 0.3) is 0 Å². The van der Waals surface area contributed by atoms with Gasteiger partial charge in [0.2, 0.25) is 0 Å². The lowest BCUT2D eigenvalue weighted by molar-refractivity contribution is 0.409. The topological polar surface area (TPSA) is 43.4 Å². The van der Waals surface area contributed by atoms with E-state index in [0.717, 1.165) is 11.1 Å². The predicted octanol–water partition coefficient (Wildman–Crippen LogP) is 2.33.